The van der Waals surface area contributed by atoms with Gasteiger partial charge in [-0.25, -0.2) is 0 Å². The minimum absolute atomic E-state index is 0.0348. The van der Waals surface area contributed by atoms with Crippen molar-refractivity contribution in [1.82, 2.24) is 9.88 Å². The molecule has 1 amide bonds. The van der Waals surface area contributed by atoms with E-state index in [4.69, 9.17) is 9.83 Å². The number of carbonyl (C=O) groups excluding carboxylic acids is 1. The monoisotopic (exact) mass is 442 g/mol. The van der Waals surface area contributed by atoms with Gasteiger partial charge in [-0.1, -0.05) is 18.2 Å². The maximum Gasteiger partial charge on any atom is 0.405 e. The second kappa shape index (κ2) is 7.65. The van der Waals surface area contributed by atoms with Crippen LogP contribution in [0.2, 0.25) is 0 Å². The van der Waals surface area contributed by atoms with Crippen molar-refractivity contribution >= 4 is 28.3 Å². The minimum atomic E-state index is -4.46. The zero-order valence-electron chi connectivity index (χ0n) is 17.1. The number of hydrogen-bond donors (Lipinski definition) is 2. The summed E-state index contributed by atoms with van der Waals surface area (Å²) in [6.07, 6.45) is 2.02. The van der Waals surface area contributed by atoms with Crippen LogP contribution < -0.4 is 5.32 Å². The summed E-state index contributed by atoms with van der Waals surface area (Å²) in [5, 5.41) is 11.7. The van der Waals surface area contributed by atoms with Crippen molar-refractivity contribution in [2.24, 2.45) is 0 Å². The fourth-order valence-electron chi connectivity index (χ4n) is 3.90. The predicted molar refractivity (Wildman–Crippen MR) is 113 cm³/mol. The van der Waals surface area contributed by atoms with Crippen LogP contribution in [0.15, 0.2) is 47.2 Å². The van der Waals surface area contributed by atoms with E-state index in [2.05, 4.69) is 10.3 Å². The molecule has 0 unspecified atom stereocenters. The minimum Gasteiger partial charge on any atom is -0.464 e. The molecule has 2 fully saturated rings. The molecule has 2 aromatic heterocycles. The van der Waals surface area contributed by atoms with Crippen molar-refractivity contribution in [3.05, 3.63) is 59.6 Å². The Morgan fingerprint density at radius 1 is 1.16 bits per heavy atom. The summed E-state index contributed by atoms with van der Waals surface area (Å²) in [5.41, 5.74) is 1.27. The van der Waals surface area contributed by atoms with Crippen LogP contribution in [0.4, 0.5) is 18.9 Å². The molecule has 2 aliphatic rings. The topological polar surface area (TPSA) is 82.2 Å². The summed E-state index contributed by atoms with van der Waals surface area (Å²) in [6.45, 7) is -1.29. The zero-order valence-corrected chi connectivity index (χ0v) is 17.1. The largest absolute Gasteiger partial charge is 0.464 e. The Kier molecular flexibility index (Phi) is 4.91. The van der Waals surface area contributed by atoms with Crippen LogP contribution in [0.25, 0.3) is 11.0 Å². The summed E-state index contributed by atoms with van der Waals surface area (Å²) >= 11 is 0. The zero-order chi connectivity index (χ0) is 22.5. The van der Waals surface area contributed by atoms with Crippen LogP contribution in [0.1, 0.15) is 47.3 Å². The lowest BCUT2D eigenvalue weighted by atomic mass is 10.0. The van der Waals surface area contributed by atoms with E-state index >= 15 is 0 Å². The quantitative estimate of drug-likeness (QED) is 0.506. The summed E-state index contributed by atoms with van der Waals surface area (Å²) in [4.78, 5) is 19.2. The Morgan fingerprint density at radius 3 is 2.50 bits per heavy atom. The number of hydrogen-bond acceptors (Lipinski definition) is 5. The van der Waals surface area contributed by atoms with Gasteiger partial charge >= 0.3 is 6.18 Å². The predicted octanol–water partition coefficient (Wildman–Crippen LogP) is 4.99. The molecule has 0 atom stereocenters. The van der Waals surface area contributed by atoms with E-state index in [1.54, 1.807) is 24.3 Å². The van der Waals surface area contributed by atoms with Gasteiger partial charge in [0.1, 0.15) is 24.1 Å². The number of amides is 1. The highest BCUT2D eigenvalue weighted by Gasteiger charge is 2.42. The number of nitrogens with zero attached hydrogens (tertiary/aromatic N) is 2. The van der Waals surface area contributed by atoms with Gasteiger partial charge in [-0.3, -0.25) is 15.2 Å². The van der Waals surface area contributed by atoms with E-state index in [0.29, 0.717) is 16.5 Å². The number of rotatable bonds is 7. The molecule has 5 rings (SSSR count). The molecule has 166 valence electrons. The van der Waals surface area contributed by atoms with Crippen LogP contribution in [0.5, 0.6) is 0 Å². The number of halogens is 3. The number of furan rings is 1. The van der Waals surface area contributed by atoms with Crippen molar-refractivity contribution < 1.29 is 22.4 Å². The number of carbonyl (C=O) groups is 1. The van der Waals surface area contributed by atoms with E-state index in [1.165, 1.54) is 18.5 Å². The average molecular weight is 442 g/mol. The average Bonchev–Trinajstić information content (AvgIpc) is 3.71. The summed E-state index contributed by atoms with van der Waals surface area (Å²) < 4.78 is 44.3. The molecule has 2 heterocycles. The Labute approximate surface area is 181 Å². The van der Waals surface area contributed by atoms with Gasteiger partial charge in [-0.05, 0) is 37.8 Å². The number of fused-ring (bicyclic) bond motifs is 1. The second-order valence-corrected chi connectivity index (χ2v) is 8.28. The first-order valence-electron chi connectivity index (χ1n) is 10.5. The lowest BCUT2D eigenvalue weighted by molar-refractivity contribution is -0.115. The molecule has 1 aromatic carbocycles. The molecule has 2 aliphatic carbocycles. The Balaban J connectivity index is 1.51. The maximum atomic E-state index is 13.1. The molecule has 9 heteroatoms. The number of aromatic nitrogens is 1. The van der Waals surface area contributed by atoms with Gasteiger partial charge in [0.25, 0.3) is 5.91 Å². The van der Waals surface area contributed by atoms with Gasteiger partial charge < -0.3 is 14.6 Å². The van der Waals surface area contributed by atoms with Crippen LogP contribution in [-0.4, -0.2) is 46.3 Å². The molecule has 0 radical (unpaired) electrons. The summed E-state index contributed by atoms with van der Waals surface area (Å²) in [6, 6.07) is 8.83. The van der Waals surface area contributed by atoms with Gasteiger partial charge in [-0.15, -0.1) is 0 Å². The highest BCUT2D eigenvalue weighted by molar-refractivity contribution is 6.19. The molecule has 32 heavy (non-hydrogen) atoms. The number of para-hydroxylation sites is 1. The molecule has 3 aromatic rings. The number of alkyl halides is 3. The first-order chi connectivity index (χ1) is 15.3. The molecule has 0 bridgehead atoms. The molecule has 0 spiro atoms. The van der Waals surface area contributed by atoms with E-state index in [1.807, 2.05) is 4.90 Å². The molecule has 2 saturated carbocycles. The van der Waals surface area contributed by atoms with Crippen molar-refractivity contribution in [2.45, 2.75) is 43.9 Å². The Hall–Kier alpha value is -3.36. The van der Waals surface area contributed by atoms with Crippen molar-refractivity contribution in [1.29, 1.82) is 5.41 Å². The van der Waals surface area contributed by atoms with Crippen molar-refractivity contribution in [2.75, 3.05) is 11.9 Å². The Morgan fingerprint density at radius 2 is 1.84 bits per heavy atom. The lowest BCUT2D eigenvalue weighted by Crippen LogP contribution is -2.35. The number of benzene rings is 1. The highest BCUT2D eigenvalue weighted by atomic mass is 19.4. The SMILES string of the molecule is N=C(c1cnc(C(=O)N(C2CC2)C2CC2)cc1NCC(F)(F)F)c1coc2ccccc12. The number of pyridine rings is 1. The lowest BCUT2D eigenvalue weighted by Gasteiger charge is -2.22. The third-order valence-electron chi connectivity index (χ3n) is 5.74. The van der Waals surface area contributed by atoms with E-state index < -0.39 is 12.7 Å². The summed E-state index contributed by atoms with van der Waals surface area (Å²) in [7, 11) is 0. The van der Waals surface area contributed by atoms with E-state index in [-0.39, 0.29) is 40.6 Å². The molecule has 2 N–H and O–H groups in total. The fraction of sp³-hybridized carbons (Fsp3) is 0.348. The van der Waals surface area contributed by atoms with Crippen LogP contribution >= 0.6 is 0 Å². The van der Waals surface area contributed by atoms with Gasteiger partial charge in [0, 0.05) is 40.5 Å². The fourth-order valence-corrected chi connectivity index (χ4v) is 3.90. The van der Waals surface area contributed by atoms with Gasteiger partial charge in [-0.2, -0.15) is 13.2 Å². The number of anilines is 1. The standard InChI is InChI=1S/C23H21F3N4O2/c24-23(25,26)12-29-18-9-19(22(31)30(13-5-6-13)14-7-8-14)28-10-16(18)21(27)17-11-32-20-4-2-1-3-15(17)20/h1-4,9-11,13-14,27H,5-8,12H2,(H,28,29). The molecule has 0 saturated heterocycles. The molecule has 0 aliphatic heterocycles. The third kappa shape index (κ3) is 4.06. The van der Waals surface area contributed by atoms with Crippen LogP contribution in [-0.2, 0) is 0 Å². The van der Waals surface area contributed by atoms with Gasteiger partial charge in [0.15, 0.2) is 0 Å². The smallest absolute Gasteiger partial charge is 0.405 e. The molecular formula is C23H21F3N4O2. The molecule has 6 nitrogen and oxygen atoms in total. The molecular weight excluding hydrogens is 421 g/mol. The first-order valence-corrected chi connectivity index (χ1v) is 10.5. The third-order valence-corrected chi connectivity index (χ3v) is 5.74. The van der Waals surface area contributed by atoms with Gasteiger partial charge in [0.2, 0.25) is 0 Å². The number of nitrogens with one attached hydrogen (secondary N) is 2. The normalized spacial score (nSPS) is 16.2. The van der Waals surface area contributed by atoms with Crippen LogP contribution in [0.3, 0.4) is 0 Å². The van der Waals surface area contributed by atoms with Crippen LogP contribution in [0, 0.1) is 5.41 Å². The highest BCUT2D eigenvalue weighted by Crippen LogP contribution is 2.38. The summed E-state index contributed by atoms with van der Waals surface area (Å²) in [5.74, 6) is -0.267. The maximum absolute atomic E-state index is 13.1. The second-order valence-electron chi connectivity index (χ2n) is 8.28. The van der Waals surface area contributed by atoms with E-state index in [0.717, 1.165) is 25.7 Å². The van der Waals surface area contributed by atoms with Crippen molar-refractivity contribution in [3.63, 3.8) is 0 Å². The van der Waals surface area contributed by atoms with E-state index in [9.17, 15) is 18.0 Å². The Bertz CT molecular complexity index is 1180. The van der Waals surface area contributed by atoms with Crippen molar-refractivity contribution in [3.8, 4) is 0 Å². The first kappa shape index (κ1) is 20.5. The van der Waals surface area contributed by atoms with Gasteiger partial charge in [0.05, 0.1) is 5.71 Å².